The normalized spacial score (nSPS) is 15.8. The van der Waals surface area contributed by atoms with Gasteiger partial charge in [0.1, 0.15) is 5.69 Å². The Balaban J connectivity index is 1.77. The number of nitrogens with zero attached hydrogens (tertiary/aromatic N) is 2. The average Bonchev–Trinajstić information content (AvgIpc) is 3.24. The van der Waals surface area contributed by atoms with Gasteiger partial charge >= 0.3 is 0 Å². The van der Waals surface area contributed by atoms with Crippen LogP contribution in [0.25, 0.3) is 0 Å². The molecular weight excluding hydrogens is 274 g/mol. The maximum atomic E-state index is 12.7. The van der Waals surface area contributed by atoms with Crippen molar-refractivity contribution in [2.24, 2.45) is 5.92 Å². The molecule has 22 heavy (non-hydrogen) atoms. The van der Waals surface area contributed by atoms with Gasteiger partial charge in [-0.3, -0.25) is 9.78 Å². The average molecular weight is 297 g/mol. The third-order valence-electron chi connectivity index (χ3n) is 4.05. The van der Waals surface area contributed by atoms with E-state index in [2.05, 4.69) is 28.7 Å². The molecule has 1 amide bonds. The lowest BCUT2D eigenvalue weighted by atomic mass is 9.98. The number of hydrogen-bond donors (Lipinski definition) is 1. The molecule has 0 aromatic carbocycles. The van der Waals surface area contributed by atoms with E-state index in [-0.39, 0.29) is 11.9 Å². The summed E-state index contributed by atoms with van der Waals surface area (Å²) < 4.78 is 2.10. The van der Waals surface area contributed by atoms with Gasteiger partial charge in [0, 0.05) is 24.6 Å². The Morgan fingerprint density at radius 2 is 2.18 bits per heavy atom. The van der Waals surface area contributed by atoms with Crippen molar-refractivity contribution in [3.63, 3.8) is 0 Å². The fourth-order valence-corrected chi connectivity index (χ4v) is 2.82. The fraction of sp³-hybridized carbons (Fsp3) is 0.444. The molecule has 4 heteroatoms. The molecule has 1 aliphatic rings. The smallest absolute Gasteiger partial charge is 0.268 e. The van der Waals surface area contributed by atoms with Crippen LogP contribution in [0.5, 0.6) is 0 Å². The van der Waals surface area contributed by atoms with E-state index in [1.807, 2.05) is 36.7 Å². The van der Waals surface area contributed by atoms with Gasteiger partial charge in [-0.05, 0) is 48.9 Å². The van der Waals surface area contributed by atoms with E-state index in [9.17, 15) is 4.79 Å². The summed E-state index contributed by atoms with van der Waals surface area (Å²) in [7, 11) is 0. The Morgan fingerprint density at radius 1 is 1.36 bits per heavy atom. The van der Waals surface area contributed by atoms with Crippen LogP contribution in [0.15, 0.2) is 42.9 Å². The van der Waals surface area contributed by atoms with Gasteiger partial charge in [0.05, 0.1) is 6.04 Å². The van der Waals surface area contributed by atoms with Gasteiger partial charge in [0.15, 0.2) is 0 Å². The topological polar surface area (TPSA) is 46.9 Å². The highest BCUT2D eigenvalue weighted by Crippen LogP contribution is 2.36. The lowest BCUT2D eigenvalue weighted by Gasteiger charge is -2.21. The largest absolute Gasteiger partial charge is 0.344 e. The van der Waals surface area contributed by atoms with E-state index >= 15 is 0 Å². The molecule has 1 aliphatic carbocycles. The molecule has 1 unspecified atom stereocenters. The third kappa shape index (κ3) is 3.38. The summed E-state index contributed by atoms with van der Waals surface area (Å²) in [4.78, 5) is 16.9. The van der Waals surface area contributed by atoms with Gasteiger partial charge in [-0.15, -0.1) is 0 Å². The van der Waals surface area contributed by atoms with E-state index in [0.717, 1.165) is 17.7 Å². The summed E-state index contributed by atoms with van der Waals surface area (Å²) in [5.74, 6) is 0.507. The summed E-state index contributed by atoms with van der Waals surface area (Å²) in [5, 5.41) is 3.19. The molecule has 1 N–H and O–H groups in total. The first-order valence-electron chi connectivity index (χ1n) is 8.02. The molecular formula is C18H23N3O. The second-order valence-corrected chi connectivity index (χ2v) is 6.47. The molecule has 1 fully saturated rings. The van der Waals surface area contributed by atoms with Gasteiger partial charge in [-0.2, -0.15) is 0 Å². The SMILES string of the molecule is CC(C)CC(NC(=O)c1cccn1C1CC1)c1cccnc1. The van der Waals surface area contributed by atoms with Crippen molar-refractivity contribution in [2.75, 3.05) is 0 Å². The molecule has 1 saturated carbocycles. The van der Waals surface area contributed by atoms with Gasteiger partial charge in [0.2, 0.25) is 0 Å². The van der Waals surface area contributed by atoms with Gasteiger partial charge < -0.3 is 9.88 Å². The molecule has 4 nitrogen and oxygen atoms in total. The molecule has 116 valence electrons. The second kappa shape index (κ2) is 6.34. The molecule has 0 radical (unpaired) electrons. The van der Waals surface area contributed by atoms with E-state index in [1.165, 1.54) is 12.8 Å². The number of aromatic nitrogens is 2. The van der Waals surface area contributed by atoms with Crippen LogP contribution in [-0.4, -0.2) is 15.5 Å². The number of pyridine rings is 1. The lowest BCUT2D eigenvalue weighted by molar-refractivity contribution is 0.0922. The first-order chi connectivity index (χ1) is 10.6. The van der Waals surface area contributed by atoms with Gasteiger partial charge in [-0.25, -0.2) is 0 Å². The minimum atomic E-state index is 0.00348. The zero-order chi connectivity index (χ0) is 15.5. The number of carbonyl (C=O) groups is 1. The third-order valence-corrected chi connectivity index (χ3v) is 4.05. The van der Waals surface area contributed by atoms with E-state index in [1.54, 1.807) is 6.20 Å². The fourth-order valence-electron chi connectivity index (χ4n) is 2.82. The van der Waals surface area contributed by atoms with E-state index in [0.29, 0.717) is 12.0 Å². The highest BCUT2D eigenvalue weighted by atomic mass is 16.2. The predicted molar refractivity (Wildman–Crippen MR) is 86.6 cm³/mol. The monoisotopic (exact) mass is 297 g/mol. The van der Waals surface area contributed by atoms with Crippen LogP contribution in [0, 0.1) is 5.92 Å². The predicted octanol–water partition coefficient (Wildman–Crippen LogP) is 3.74. The molecule has 0 aliphatic heterocycles. The summed E-state index contributed by atoms with van der Waals surface area (Å²) in [6, 6.07) is 8.32. The molecule has 0 saturated heterocycles. The van der Waals surface area contributed by atoms with Crippen molar-refractivity contribution in [3.05, 3.63) is 54.1 Å². The van der Waals surface area contributed by atoms with Crippen molar-refractivity contribution in [2.45, 2.75) is 45.2 Å². The zero-order valence-corrected chi connectivity index (χ0v) is 13.2. The van der Waals surface area contributed by atoms with Crippen LogP contribution in [0.3, 0.4) is 0 Å². The lowest BCUT2D eigenvalue weighted by Crippen LogP contribution is -2.31. The van der Waals surface area contributed by atoms with Gasteiger partial charge in [-0.1, -0.05) is 19.9 Å². The maximum Gasteiger partial charge on any atom is 0.268 e. The van der Waals surface area contributed by atoms with Crippen molar-refractivity contribution >= 4 is 5.91 Å². The Bertz CT molecular complexity index is 629. The first kappa shape index (κ1) is 14.8. The Morgan fingerprint density at radius 3 is 2.82 bits per heavy atom. The molecule has 0 bridgehead atoms. The van der Waals surface area contributed by atoms with Crippen LogP contribution < -0.4 is 5.32 Å². The van der Waals surface area contributed by atoms with Crippen molar-refractivity contribution in [3.8, 4) is 0 Å². The highest BCUT2D eigenvalue weighted by Gasteiger charge is 2.27. The van der Waals surface area contributed by atoms with Gasteiger partial charge in [0.25, 0.3) is 5.91 Å². The molecule has 2 aromatic rings. The van der Waals surface area contributed by atoms with Crippen molar-refractivity contribution in [1.29, 1.82) is 0 Å². The van der Waals surface area contributed by atoms with Crippen LogP contribution in [0.4, 0.5) is 0 Å². The summed E-state index contributed by atoms with van der Waals surface area (Å²) >= 11 is 0. The minimum Gasteiger partial charge on any atom is -0.344 e. The van der Waals surface area contributed by atoms with E-state index in [4.69, 9.17) is 0 Å². The molecule has 2 heterocycles. The number of amides is 1. The van der Waals surface area contributed by atoms with E-state index < -0.39 is 0 Å². The number of carbonyl (C=O) groups excluding carboxylic acids is 1. The maximum absolute atomic E-state index is 12.7. The Labute approximate surface area is 131 Å². The Kier molecular flexibility index (Phi) is 4.27. The van der Waals surface area contributed by atoms with Crippen LogP contribution in [0.2, 0.25) is 0 Å². The number of hydrogen-bond acceptors (Lipinski definition) is 2. The van der Waals surface area contributed by atoms with Crippen molar-refractivity contribution in [1.82, 2.24) is 14.9 Å². The summed E-state index contributed by atoms with van der Waals surface area (Å²) in [6.07, 6.45) is 8.86. The zero-order valence-electron chi connectivity index (χ0n) is 13.2. The number of rotatable bonds is 6. The summed E-state index contributed by atoms with van der Waals surface area (Å²) in [5.41, 5.74) is 1.83. The van der Waals surface area contributed by atoms with Crippen molar-refractivity contribution < 1.29 is 4.79 Å². The second-order valence-electron chi connectivity index (χ2n) is 6.47. The summed E-state index contributed by atoms with van der Waals surface area (Å²) in [6.45, 7) is 4.34. The standard InChI is InChI=1S/C18H23N3O/c1-13(2)11-16(14-5-3-9-19-12-14)20-18(22)17-6-4-10-21(17)15-7-8-15/h3-6,9-10,12-13,15-16H,7-8,11H2,1-2H3,(H,20,22). The molecule has 2 aromatic heterocycles. The molecule has 3 rings (SSSR count). The van der Waals surface area contributed by atoms with Crippen LogP contribution in [0.1, 0.15) is 61.2 Å². The first-order valence-corrected chi connectivity index (χ1v) is 8.02. The highest BCUT2D eigenvalue weighted by molar-refractivity contribution is 5.93. The number of nitrogens with one attached hydrogen (secondary N) is 1. The quantitative estimate of drug-likeness (QED) is 0.883. The molecule has 0 spiro atoms. The van der Waals surface area contributed by atoms with Crippen LogP contribution >= 0.6 is 0 Å². The van der Waals surface area contributed by atoms with Crippen LogP contribution in [-0.2, 0) is 0 Å². The minimum absolute atomic E-state index is 0.00348. The Hall–Kier alpha value is -2.10. The molecule has 1 atom stereocenters.